The van der Waals surface area contributed by atoms with Crippen LogP contribution in [-0.2, 0) is 9.47 Å². The van der Waals surface area contributed by atoms with Gasteiger partial charge in [0, 0.05) is 0 Å². The summed E-state index contributed by atoms with van der Waals surface area (Å²) in [6.07, 6.45) is 14.2. The van der Waals surface area contributed by atoms with Gasteiger partial charge in [-0.2, -0.15) is 0 Å². The van der Waals surface area contributed by atoms with E-state index in [0.717, 1.165) is 12.8 Å². The summed E-state index contributed by atoms with van der Waals surface area (Å²) in [6, 6.07) is 0. The monoisotopic (exact) mass is 285 g/mol. The largest absolute Gasteiger partial charge is 0.351 e. The van der Waals surface area contributed by atoms with Crippen LogP contribution >= 0.6 is 0 Å². The van der Waals surface area contributed by atoms with Crippen molar-refractivity contribution in [3.63, 3.8) is 0 Å². The van der Waals surface area contributed by atoms with E-state index in [4.69, 9.17) is 15.2 Å². The molecule has 1 aliphatic heterocycles. The van der Waals surface area contributed by atoms with Crippen LogP contribution in [0.3, 0.4) is 0 Å². The SMILES string of the molecule is CCCCCCCCCCCC1OCC(N)(CC)CO1. The van der Waals surface area contributed by atoms with Crippen LogP contribution in [0.5, 0.6) is 0 Å². The van der Waals surface area contributed by atoms with E-state index < -0.39 is 0 Å². The molecule has 0 aliphatic carbocycles. The molecule has 0 atom stereocenters. The van der Waals surface area contributed by atoms with E-state index in [2.05, 4.69) is 13.8 Å². The molecule has 20 heavy (non-hydrogen) atoms. The predicted molar refractivity (Wildman–Crippen MR) is 84.7 cm³/mol. The topological polar surface area (TPSA) is 44.5 Å². The van der Waals surface area contributed by atoms with Crippen molar-refractivity contribution in [1.29, 1.82) is 0 Å². The Hall–Kier alpha value is -0.120. The maximum Gasteiger partial charge on any atom is 0.157 e. The first-order valence-corrected chi connectivity index (χ1v) is 8.72. The molecule has 0 aromatic rings. The van der Waals surface area contributed by atoms with E-state index in [9.17, 15) is 0 Å². The van der Waals surface area contributed by atoms with Gasteiger partial charge < -0.3 is 15.2 Å². The Morgan fingerprint density at radius 3 is 1.85 bits per heavy atom. The van der Waals surface area contributed by atoms with Crippen molar-refractivity contribution in [2.45, 2.75) is 96.3 Å². The Labute approximate surface area is 125 Å². The third-order valence-corrected chi connectivity index (χ3v) is 4.36. The standard InChI is InChI=1S/C17H35NO2/c1-3-5-6-7-8-9-10-11-12-13-16-19-14-17(18,4-2)15-20-16/h16H,3-15,18H2,1-2H3. The van der Waals surface area contributed by atoms with Crippen molar-refractivity contribution < 1.29 is 9.47 Å². The fraction of sp³-hybridized carbons (Fsp3) is 1.00. The summed E-state index contributed by atoms with van der Waals surface area (Å²) >= 11 is 0. The van der Waals surface area contributed by atoms with Crippen molar-refractivity contribution >= 4 is 0 Å². The molecule has 0 radical (unpaired) electrons. The molecule has 120 valence electrons. The van der Waals surface area contributed by atoms with Gasteiger partial charge in [-0.1, -0.05) is 65.2 Å². The van der Waals surface area contributed by atoms with Crippen LogP contribution in [0.2, 0.25) is 0 Å². The first-order valence-electron chi connectivity index (χ1n) is 8.72. The Bertz CT molecular complexity index is 225. The Kier molecular flexibility index (Phi) is 9.49. The molecule has 0 aromatic heterocycles. The van der Waals surface area contributed by atoms with Gasteiger partial charge in [-0.15, -0.1) is 0 Å². The van der Waals surface area contributed by atoms with Crippen LogP contribution in [-0.4, -0.2) is 25.0 Å². The van der Waals surface area contributed by atoms with E-state index in [-0.39, 0.29) is 11.8 Å². The first-order chi connectivity index (χ1) is 9.70. The van der Waals surface area contributed by atoms with Gasteiger partial charge in [-0.25, -0.2) is 0 Å². The molecule has 0 spiro atoms. The number of hydrogen-bond acceptors (Lipinski definition) is 3. The zero-order chi connectivity index (χ0) is 14.7. The maximum absolute atomic E-state index is 6.11. The number of rotatable bonds is 11. The summed E-state index contributed by atoms with van der Waals surface area (Å²) in [5.41, 5.74) is 5.86. The Morgan fingerprint density at radius 2 is 1.35 bits per heavy atom. The molecule has 0 amide bonds. The van der Waals surface area contributed by atoms with Crippen molar-refractivity contribution in [3.8, 4) is 0 Å². The Balaban J connectivity index is 1.88. The molecule has 1 fully saturated rings. The van der Waals surface area contributed by atoms with Crippen molar-refractivity contribution in [2.24, 2.45) is 5.73 Å². The molecule has 2 N–H and O–H groups in total. The number of hydrogen-bond donors (Lipinski definition) is 1. The smallest absolute Gasteiger partial charge is 0.157 e. The lowest BCUT2D eigenvalue weighted by atomic mass is 9.99. The highest BCUT2D eigenvalue weighted by Crippen LogP contribution is 2.20. The van der Waals surface area contributed by atoms with Crippen LogP contribution in [0.4, 0.5) is 0 Å². The fourth-order valence-corrected chi connectivity index (χ4v) is 2.60. The lowest BCUT2D eigenvalue weighted by Crippen LogP contribution is -2.53. The van der Waals surface area contributed by atoms with E-state index >= 15 is 0 Å². The van der Waals surface area contributed by atoms with E-state index in [1.54, 1.807) is 0 Å². The predicted octanol–water partition coefficient (Wildman–Crippen LogP) is 4.39. The van der Waals surface area contributed by atoms with Crippen molar-refractivity contribution in [1.82, 2.24) is 0 Å². The van der Waals surface area contributed by atoms with E-state index in [0.29, 0.717) is 13.2 Å². The molecular formula is C17H35NO2. The highest BCUT2D eigenvalue weighted by atomic mass is 16.7. The van der Waals surface area contributed by atoms with Crippen molar-refractivity contribution in [2.75, 3.05) is 13.2 Å². The molecule has 3 heteroatoms. The van der Waals surface area contributed by atoms with Gasteiger partial charge in [0.05, 0.1) is 18.8 Å². The second kappa shape index (κ2) is 10.6. The molecule has 0 bridgehead atoms. The molecular weight excluding hydrogens is 250 g/mol. The molecule has 0 aromatic carbocycles. The molecule has 1 heterocycles. The average Bonchev–Trinajstić information content (AvgIpc) is 2.47. The molecule has 1 aliphatic rings. The van der Waals surface area contributed by atoms with Crippen LogP contribution < -0.4 is 5.73 Å². The minimum Gasteiger partial charge on any atom is -0.351 e. The summed E-state index contributed by atoms with van der Waals surface area (Å²) in [7, 11) is 0. The average molecular weight is 285 g/mol. The third-order valence-electron chi connectivity index (χ3n) is 4.36. The number of ether oxygens (including phenoxy) is 2. The van der Waals surface area contributed by atoms with Gasteiger partial charge in [-0.05, 0) is 19.3 Å². The second-order valence-electron chi connectivity index (χ2n) is 6.38. The second-order valence-corrected chi connectivity index (χ2v) is 6.38. The van der Waals surface area contributed by atoms with Gasteiger partial charge in [-0.3, -0.25) is 0 Å². The third kappa shape index (κ3) is 7.61. The quantitative estimate of drug-likeness (QED) is 0.573. The lowest BCUT2D eigenvalue weighted by molar-refractivity contribution is -0.209. The van der Waals surface area contributed by atoms with Crippen LogP contribution in [0.15, 0.2) is 0 Å². The normalized spacial score (nSPS) is 26.9. The summed E-state index contributed by atoms with van der Waals surface area (Å²) in [5, 5.41) is 0. The summed E-state index contributed by atoms with van der Waals surface area (Å²) in [5.74, 6) is 0. The zero-order valence-corrected chi connectivity index (χ0v) is 13.7. The highest BCUT2D eigenvalue weighted by molar-refractivity contribution is 4.84. The van der Waals surface area contributed by atoms with Crippen LogP contribution in [0, 0.1) is 0 Å². The maximum atomic E-state index is 6.11. The summed E-state index contributed by atoms with van der Waals surface area (Å²) in [4.78, 5) is 0. The molecule has 0 saturated carbocycles. The van der Waals surface area contributed by atoms with Crippen molar-refractivity contribution in [3.05, 3.63) is 0 Å². The van der Waals surface area contributed by atoms with Crippen LogP contribution in [0.1, 0.15) is 84.5 Å². The van der Waals surface area contributed by atoms with Gasteiger partial charge in [0.2, 0.25) is 0 Å². The molecule has 1 saturated heterocycles. The molecule has 3 nitrogen and oxygen atoms in total. The summed E-state index contributed by atoms with van der Waals surface area (Å²) < 4.78 is 11.4. The van der Waals surface area contributed by atoms with E-state index in [1.807, 2.05) is 0 Å². The first kappa shape index (κ1) is 17.9. The minimum absolute atomic E-state index is 0.0113. The lowest BCUT2D eigenvalue weighted by Gasteiger charge is -2.36. The van der Waals surface area contributed by atoms with Crippen LogP contribution in [0.25, 0.3) is 0 Å². The Morgan fingerprint density at radius 1 is 0.850 bits per heavy atom. The summed E-state index contributed by atoms with van der Waals surface area (Å²) in [6.45, 7) is 5.65. The van der Waals surface area contributed by atoms with Gasteiger partial charge in [0.15, 0.2) is 6.29 Å². The molecule has 1 rings (SSSR count). The minimum atomic E-state index is -0.255. The van der Waals surface area contributed by atoms with Gasteiger partial charge >= 0.3 is 0 Å². The van der Waals surface area contributed by atoms with Gasteiger partial charge in [0.1, 0.15) is 0 Å². The molecule has 0 unspecified atom stereocenters. The highest BCUT2D eigenvalue weighted by Gasteiger charge is 2.31. The fourth-order valence-electron chi connectivity index (χ4n) is 2.60. The number of nitrogens with two attached hydrogens (primary N) is 1. The van der Waals surface area contributed by atoms with Gasteiger partial charge in [0.25, 0.3) is 0 Å². The number of unbranched alkanes of at least 4 members (excludes halogenated alkanes) is 8. The zero-order valence-electron chi connectivity index (χ0n) is 13.7. The van der Waals surface area contributed by atoms with E-state index in [1.165, 1.54) is 57.8 Å².